The highest BCUT2D eigenvalue weighted by Crippen LogP contribution is 2.23. The van der Waals surface area contributed by atoms with Gasteiger partial charge in [-0.05, 0) is 29.8 Å². The summed E-state index contributed by atoms with van der Waals surface area (Å²) >= 11 is 1.37. The van der Waals surface area contributed by atoms with Crippen LogP contribution < -0.4 is 15.9 Å². The minimum Gasteiger partial charge on any atom is -0.474 e. The van der Waals surface area contributed by atoms with Crippen molar-refractivity contribution in [3.05, 3.63) is 71.1 Å². The summed E-state index contributed by atoms with van der Waals surface area (Å²) in [5.41, 5.74) is 9.94. The fourth-order valence-corrected chi connectivity index (χ4v) is 2.80. The highest BCUT2D eigenvalue weighted by Gasteiger charge is 2.23. The van der Waals surface area contributed by atoms with Crippen LogP contribution in [0.25, 0.3) is 0 Å². The van der Waals surface area contributed by atoms with E-state index in [4.69, 9.17) is 15.2 Å². The highest BCUT2D eigenvalue weighted by molar-refractivity contribution is 7.14. The molecule has 0 amide bonds. The van der Waals surface area contributed by atoms with Gasteiger partial charge in [-0.1, -0.05) is 30.3 Å². The number of nitrogens with one attached hydrogen (secondary N) is 1. The molecule has 1 aromatic heterocycles. The van der Waals surface area contributed by atoms with Gasteiger partial charge < -0.3 is 15.2 Å². The number of thiazole rings is 1. The SMILES string of the molecule is COC(=O)C(Oc1ccc(C=NNc2nc(N)cs2)cc1)c1ccccc1. The maximum Gasteiger partial charge on any atom is 0.351 e. The van der Waals surface area contributed by atoms with E-state index in [9.17, 15) is 4.79 Å². The van der Waals surface area contributed by atoms with Crippen molar-refractivity contribution in [2.45, 2.75) is 6.10 Å². The van der Waals surface area contributed by atoms with E-state index in [2.05, 4.69) is 15.5 Å². The van der Waals surface area contributed by atoms with E-state index in [-0.39, 0.29) is 0 Å². The van der Waals surface area contributed by atoms with Crippen LogP contribution in [0.3, 0.4) is 0 Å². The van der Waals surface area contributed by atoms with Gasteiger partial charge in [0.25, 0.3) is 0 Å². The third-order valence-electron chi connectivity index (χ3n) is 3.55. The number of hydrogen-bond donors (Lipinski definition) is 2. The molecule has 0 bridgehead atoms. The lowest BCUT2D eigenvalue weighted by molar-refractivity contribution is -0.149. The van der Waals surface area contributed by atoms with Gasteiger partial charge in [0.1, 0.15) is 11.6 Å². The van der Waals surface area contributed by atoms with Crippen LogP contribution in [-0.4, -0.2) is 24.3 Å². The quantitative estimate of drug-likeness (QED) is 0.369. The average Bonchev–Trinajstić information content (AvgIpc) is 3.12. The first kappa shape index (κ1) is 18.4. The number of methoxy groups -OCH3 is 1. The first-order valence-electron chi connectivity index (χ1n) is 8.05. The minimum atomic E-state index is -0.826. The third kappa shape index (κ3) is 5.05. The topological polar surface area (TPSA) is 98.8 Å². The van der Waals surface area contributed by atoms with Gasteiger partial charge in [0.15, 0.2) is 0 Å². The molecular formula is C19H18N4O3S. The Kier molecular flexibility index (Phi) is 6.01. The van der Waals surface area contributed by atoms with E-state index in [1.165, 1.54) is 18.4 Å². The molecule has 1 unspecified atom stereocenters. The van der Waals surface area contributed by atoms with Crippen molar-refractivity contribution in [1.29, 1.82) is 0 Å². The Labute approximate surface area is 160 Å². The molecule has 8 heteroatoms. The molecule has 1 atom stereocenters. The predicted molar refractivity (Wildman–Crippen MR) is 106 cm³/mol. The number of rotatable bonds is 7. The molecule has 0 aliphatic carbocycles. The van der Waals surface area contributed by atoms with E-state index in [1.54, 1.807) is 23.7 Å². The number of hydrazone groups is 1. The Morgan fingerprint density at radius 3 is 2.59 bits per heavy atom. The number of anilines is 2. The molecule has 0 aliphatic rings. The lowest BCUT2D eigenvalue weighted by Crippen LogP contribution is -2.20. The Bertz CT molecular complexity index is 910. The molecule has 3 N–H and O–H groups in total. The molecule has 0 radical (unpaired) electrons. The van der Waals surface area contributed by atoms with Crippen molar-refractivity contribution in [1.82, 2.24) is 4.98 Å². The Balaban J connectivity index is 1.65. The van der Waals surface area contributed by atoms with Gasteiger partial charge in [0, 0.05) is 10.9 Å². The van der Waals surface area contributed by atoms with Gasteiger partial charge in [-0.3, -0.25) is 5.43 Å². The fourth-order valence-electron chi connectivity index (χ4n) is 2.26. The summed E-state index contributed by atoms with van der Waals surface area (Å²) in [5.74, 6) is 0.545. The van der Waals surface area contributed by atoms with Gasteiger partial charge in [0.2, 0.25) is 11.2 Å². The zero-order chi connectivity index (χ0) is 19.1. The zero-order valence-electron chi connectivity index (χ0n) is 14.5. The molecule has 0 spiro atoms. The number of benzene rings is 2. The van der Waals surface area contributed by atoms with Crippen molar-refractivity contribution in [3.63, 3.8) is 0 Å². The largest absolute Gasteiger partial charge is 0.474 e. The second-order valence-electron chi connectivity index (χ2n) is 5.45. The summed E-state index contributed by atoms with van der Waals surface area (Å²) in [6, 6.07) is 16.4. The molecule has 1 heterocycles. The van der Waals surface area contributed by atoms with Crippen LogP contribution in [0, 0.1) is 0 Å². The van der Waals surface area contributed by atoms with Crippen LogP contribution in [-0.2, 0) is 9.53 Å². The first-order chi connectivity index (χ1) is 13.2. The number of carbonyl (C=O) groups is 1. The smallest absolute Gasteiger partial charge is 0.351 e. The van der Waals surface area contributed by atoms with Gasteiger partial charge in [-0.2, -0.15) is 5.10 Å². The summed E-state index contributed by atoms with van der Waals surface area (Å²) in [7, 11) is 1.34. The number of ether oxygens (including phenoxy) is 2. The van der Waals surface area contributed by atoms with Crippen LogP contribution in [0.2, 0.25) is 0 Å². The molecule has 0 saturated heterocycles. The number of nitrogens with two attached hydrogens (primary N) is 1. The molecule has 3 rings (SSSR count). The number of esters is 1. The molecule has 0 saturated carbocycles. The molecule has 3 aromatic rings. The monoisotopic (exact) mass is 382 g/mol. The lowest BCUT2D eigenvalue weighted by atomic mass is 10.1. The summed E-state index contributed by atoms with van der Waals surface area (Å²) < 4.78 is 10.7. The lowest BCUT2D eigenvalue weighted by Gasteiger charge is -2.17. The van der Waals surface area contributed by atoms with Gasteiger partial charge in [0.05, 0.1) is 13.3 Å². The van der Waals surface area contributed by atoms with E-state index in [1.807, 2.05) is 42.5 Å². The number of nitrogen functional groups attached to an aromatic ring is 1. The van der Waals surface area contributed by atoms with Gasteiger partial charge in [-0.25, -0.2) is 9.78 Å². The molecular weight excluding hydrogens is 364 g/mol. The van der Waals surface area contributed by atoms with Crippen LogP contribution in [0.1, 0.15) is 17.2 Å². The number of carbonyl (C=O) groups excluding carboxylic acids is 1. The summed E-state index contributed by atoms with van der Waals surface area (Å²) in [5, 5.41) is 6.46. The van der Waals surface area contributed by atoms with Crippen molar-refractivity contribution >= 4 is 34.5 Å². The fraction of sp³-hybridized carbons (Fsp3) is 0.105. The van der Waals surface area contributed by atoms with Gasteiger partial charge >= 0.3 is 5.97 Å². The average molecular weight is 382 g/mol. The normalized spacial score (nSPS) is 11.9. The van der Waals surface area contributed by atoms with Crippen molar-refractivity contribution in [2.75, 3.05) is 18.3 Å². The summed E-state index contributed by atoms with van der Waals surface area (Å²) in [6.45, 7) is 0. The summed E-state index contributed by atoms with van der Waals surface area (Å²) in [4.78, 5) is 16.1. The minimum absolute atomic E-state index is 0.456. The van der Waals surface area contributed by atoms with E-state index < -0.39 is 12.1 Å². The molecule has 2 aromatic carbocycles. The molecule has 0 fully saturated rings. The second-order valence-corrected chi connectivity index (χ2v) is 6.31. The van der Waals surface area contributed by atoms with E-state index in [0.29, 0.717) is 16.7 Å². The van der Waals surface area contributed by atoms with Crippen molar-refractivity contribution in [3.8, 4) is 5.75 Å². The molecule has 138 valence electrons. The van der Waals surface area contributed by atoms with E-state index in [0.717, 1.165) is 11.1 Å². The summed E-state index contributed by atoms with van der Waals surface area (Å²) in [6.07, 6.45) is 0.823. The van der Waals surface area contributed by atoms with Crippen molar-refractivity contribution < 1.29 is 14.3 Å². The number of nitrogens with zero attached hydrogens (tertiary/aromatic N) is 2. The highest BCUT2D eigenvalue weighted by atomic mass is 32.1. The maximum absolute atomic E-state index is 12.1. The Morgan fingerprint density at radius 1 is 1.22 bits per heavy atom. The first-order valence-corrected chi connectivity index (χ1v) is 8.93. The maximum atomic E-state index is 12.1. The van der Waals surface area contributed by atoms with Crippen LogP contribution >= 0.6 is 11.3 Å². The third-order valence-corrected chi connectivity index (χ3v) is 4.31. The number of hydrogen-bond acceptors (Lipinski definition) is 8. The second kappa shape index (κ2) is 8.81. The molecule has 27 heavy (non-hydrogen) atoms. The van der Waals surface area contributed by atoms with E-state index >= 15 is 0 Å². The van der Waals surface area contributed by atoms with Crippen LogP contribution in [0.5, 0.6) is 5.75 Å². The predicted octanol–water partition coefficient (Wildman–Crippen LogP) is 3.46. The van der Waals surface area contributed by atoms with Crippen LogP contribution in [0.15, 0.2) is 65.1 Å². The molecule has 0 aliphatic heterocycles. The zero-order valence-corrected chi connectivity index (χ0v) is 15.3. The Hall–Kier alpha value is -3.39. The van der Waals surface area contributed by atoms with Crippen LogP contribution in [0.4, 0.5) is 10.9 Å². The Morgan fingerprint density at radius 2 is 1.96 bits per heavy atom. The van der Waals surface area contributed by atoms with Crippen molar-refractivity contribution in [2.24, 2.45) is 5.10 Å². The molecule has 7 nitrogen and oxygen atoms in total. The number of aromatic nitrogens is 1. The van der Waals surface area contributed by atoms with Gasteiger partial charge in [-0.15, -0.1) is 11.3 Å². The standard InChI is InChI=1S/C19H18N4O3S/c1-25-18(24)17(14-5-3-2-4-6-14)26-15-9-7-13(8-10-15)11-21-23-19-22-16(20)12-27-19/h2-12,17H,20H2,1H3,(H,22,23).